The first-order valence-electron chi connectivity index (χ1n) is 32.1. The van der Waals surface area contributed by atoms with Crippen LogP contribution in [-0.2, 0) is 99.5 Å². The summed E-state index contributed by atoms with van der Waals surface area (Å²) in [5, 5.41) is 0. The lowest BCUT2D eigenvalue weighted by Crippen LogP contribution is -2.42. The van der Waals surface area contributed by atoms with Crippen LogP contribution < -0.4 is 0 Å². The van der Waals surface area contributed by atoms with Gasteiger partial charge in [0, 0.05) is 92.5 Å². The van der Waals surface area contributed by atoms with Gasteiger partial charge in [0.15, 0.2) is 0 Å². The van der Waals surface area contributed by atoms with E-state index in [1.54, 1.807) is 0 Å². The average Bonchev–Trinajstić information content (AvgIpc) is 3.52. The van der Waals surface area contributed by atoms with Gasteiger partial charge in [0.2, 0.25) is 0 Å². The SMILES string of the molecule is CCCOCCOC(COCCOCC)COCC(COCCOCC)OCCOCCC.CCCOCCOCC.CCCOCCOCCCOCC(COCCCOCCOCCC)(COCCOCCC)COCCOCCC. The van der Waals surface area contributed by atoms with Gasteiger partial charge in [-0.2, -0.15) is 0 Å². The van der Waals surface area contributed by atoms with Crippen molar-refractivity contribution in [1.29, 1.82) is 0 Å². The van der Waals surface area contributed by atoms with E-state index in [1.807, 2.05) is 20.8 Å². The Hall–Kier alpha value is -0.840. The molecule has 0 spiro atoms. The lowest BCUT2D eigenvalue weighted by Gasteiger charge is -2.33. The normalized spacial score (nSPS) is 12.4. The molecular weight excluding hydrogens is 1080 g/mol. The second-order valence-electron chi connectivity index (χ2n) is 19.2. The molecule has 0 bridgehead atoms. The lowest BCUT2D eigenvalue weighted by atomic mass is 9.92. The highest BCUT2D eigenvalue weighted by Crippen LogP contribution is 2.21. The Morgan fingerprint density at radius 2 is 0.398 bits per heavy atom. The molecule has 0 heterocycles. The summed E-state index contributed by atoms with van der Waals surface area (Å²) >= 11 is 0. The van der Waals surface area contributed by atoms with Crippen molar-refractivity contribution in [2.24, 2.45) is 5.41 Å². The first-order valence-corrected chi connectivity index (χ1v) is 32.1. The molecule has 0 aromatic heterocycles. The van der Waals surface area contributed by atoms with E-state index in [0.717, 1.165) is 124 Å². The number of hydrogen-bond acceptors (Lipinski definition) is 21. The number of ether oxygens (including phenoxy) is 21. The summed E-state index contributed by atoms with van der Waals surface area (Å²) in [5.74, 6) is 0. The van der Waals surface area contributed by atoms with Gasteiger partial charge in [0.05, 0.1) is 177 Å². The van der Waals surface area contributed by atoms with E-state index in [-0.39, 0.29) is 12.2 Å². The van der Waals surface area contributed by atoms with Crippen molar-refractivity contribution in [2.45, 2.75) is 139 Å². The second kappa shape index (κ2) is 79.2. The van der Waals surface area contributed by atoms with Crippen LogP contribution in [0.5, 0.6) is 0 Å². The summed E-state index contributed by atoms with van der Waals surface area (Å²) in [6.45, 7) is 44.4. The zero-order valence-electron chi connectivity index (χ0n) is 54.9. The van der Waals surface area contributed by atoms with Crippen LogP contribution in [0.25, 0.3) is 0 Å². The Balaban J connectivity index is -0.00000136. The molecule has 21 nitrogen and oxygen atoms in total. The Morgan fingerprint density at radius 1 is 0.193 bits per heavy atom. The summed E-state index contributed by atoms with van der Waals surface area (Å²) in [6, 6.07) is 0. The Bertz CT molecular complexity index is 1000. The Morgan fingerprint density at radius 3 is 0.675 bits per heavy atom. The lowest BCUT2D eigenvalue weighted by molar-refractivity contribution is -0.116. The maximum atomic E-state index is 6.13. The predicted molar refractivity (Wildman–Crippen MR) is 326 cm³/mol. The molecule has 0 aliphatic heterocycles. The topological polar surface area (TPSA) is 194 Å². The van der Waals surface area contributed by atoms with Gasteiger partial charge in [-0.1, -0.05) is 48.5 Å². The van der Waals surface area contributed by atoms with Gasteiger partial charge in [-0.3, -0.25) is 0 Å². The molecule has 2 unspecified atom stereocenters. The van der Waals surface area contributed by atoms with E-state index < -0.39 is 5.41 Å². The zero-order valence-corrected chi connectivity index (χ0v) is 54.9. The van der Waals surface area contributed by atoms with E-state index in [0.29, 0.717) is 198 Å². The Kier molecular flexibility index (Phi) is 82.4. The standard InChI is InChI=1S/C31H64O10.C24H50O9.C7H16O2/c1-5-11-32-19-21-36-15-9-17-38-27-31(29-40-25-23-34-13-7-3,30-41-26-24-35-14-8-4)28-39-18-10-16-37-22-20-33-12-6-2;1-5-9-27-15-17-32-23(19-29-13-11-25-7-3)21-31-22-24(20-30-14-12-26-8-4)33-18-16-28-10-6-2;1-3-5-9-7-6-8-4-2/h5-30H2,1-4H3;23-24H,5-22H2,1-4H3;3-7H2,1-2H3. The van der Waals surface area contributed by atoms with Crippen LogP contribution in [0.3, 0.4) is 0 Å². The highest BCUT2D eigenvalue weighted by molar-refractivity contribution is 4.80. The van der Waals surface area contributed by atoms with Gasteiger partial charge in [0.25, 0.3) is 0 Å². The molecule has 504 valence electrons. The van der Waals surface area contributed by atoms with E-state index in [2.05, 4.69) is 48.5 Å². The van der Waals surface area contributed by atoms with Crippen LogP contribution >= 0.6 is 0 Å². The first-order chi connectivity index (χ1) is 40.9. The fourth-order valence-electron chi connectivity index (χ4n) is 6.71. The van der Waals surface area contributed by atoms with Crippen LogP contribution in [0, 0.1) is 5.41 Å². The van der Waals surface area contributed by atoms with Crippen molar-refractivity contribution in [1.82, 2.24) is 0 Å². The molecule has 0 radical (unpaired) electrons. The van der Waals surface area contributed by atoms with Crippen molar-refractivity contribution in [3.05, 3.63) is 0 Å². The van der Waals surface area contributed by atoms with Crippen LogP contribution in [-0.4, -0.2) is 276 Å². The van der Waals surface area contributed by atoms with Crippen LogP contribution in [0.15, 0.2) is 0 Å². The van der Waals surface area contributed by atoms with Crippen LogP contribution in [0.4, 0.5) is 0 Å². The van der Waals surface area contributed by atoms with E-state index in [1.165, 1.54) is 0 Å². The summed E-state index contributed by atoms with van der Waals surface area (Å²) in [5.41, 5.74) is -0.445. The van der Waals surface area contributed by atoms with E-state index in [9.17, 15) is 0 Å². The molecule has 0 aliphatic carbocycles. The van der Waals surface area contributed by atoms with E-state index in [4.69, 9.17) is 99.5 Å². The summed E-state index contributed by atoms with van der Waals surface area (Å²) in [4.78, 5) is 0. The van der Waals surface area contributed by atoms with Gasteiger partial charge >= 0.3 is 0 Å². The summed E-state index contributed by atoms with van der Waals surface area (Å²) in [7, 11) is 0. The number of rotatable bonds is 70. The largest absolute Gasteiger partial charge is 0.381 e. The third-order valence-electron chi connectivity index (χ3n) is 10.8. The van der Waals surface area contributed by atoms with Crippen molar-refractivity contribution in [3.63, 3.8) is 0 Å². The fourth-order valence-corrected chi connectivity index (χ4v) is 6.71. The molecule has 21 heteroatoms. The molecule has 0 aliphatic rings. The van der Waals surface area contributed by atoms with Gasteiger partial charge < -0.3 is 99.5 Å². The van der Waals surface area contributed by atoms with Crippen molar-refractivity contribution < 1.29 is 99.5 Å². The molecule has 0 aromatic carbocycles. The van der Waals surface area contributed by atoms with Gasteiger partial charge in [-0.15, -0.1) is 0 Å². The van der Waals surface area contributed by atoms with Crippen LogP contribution in [0.1, 0.15) is 127 Å². The van der Waals surface area contributed by atoms with Gasteiger partial charge in [-0.25, -0.2) is 0 Å². The third kappa shape index (κ3) is 73.5. The number of hydrogen-bond donors (Lipinski definition) is 0. The fraction of sp³-hybridized carbons (Fsp3) is 1.00. The monoisotopic (exact) mass is 1210 g/mol. The highest BCUT2D eigenvalue weighted by atomic mass is 16.6. The minimum Gasteiger partial charge on any atom is -0.381 e. The van der Waals surface area contributed by atoms with Gasteiger partial charge in [-0.05, 0) is 78.6 Å². The highest BCUT2D eigenvalue weighted by Gasteiger charge is 2.32. The minimum absolute atomic E-state index is 0.190. The maximum Gasteiger partial charge on any atom is 0.104 e. The molecule has 83 heavy (non-hydrogen) atoms. The second-order valence-corrected chi connectivity index (χ2v) is 19.2. The average molecular weight is 1210 g/mol. The first kappa shape index (κ1) is 86.4. The third-order valence-corrected chi connectivity index (χ3v) is 10.8. The van der Waals surface area contributed by atoms with Crippen LogP contribution in [0.2, 0.25) is 0 Å². The van der Waals surface area contributed by atoms with E-state index >= 15 is 0 Å². The Labute approximate surface area is 506 Å². The molecule has 2 atom stereocenters. The summed E-state index contributed by atoms with van der Waals surface area (Å²) < 4.78 is 119. The maximum absolute atomic E-state index is 6.13. The molecule has 0 saturated carbocycles. The predicted octanol–water partition coefficient (Wildman–Crippen LogP) is 8.74. The smallest absolute Gasteiger partial charge is 0.104 e. The molecular formula is C62H130O21. The van der Waals surface area contributed by atoms with Crippen molar-refractivity contribution >= 4 is 0 Å². The quantitative estimate of drug-likeness (QED) is 0.0524. The molecule has 0 rings (SSSR count). The molecule has 0 amide bonds. The zero-order chi connectivity index (χ0) is 61.2. The van der Waals surface area contributed by atoms with Crippen molar-refractivity contribution in [3.8, 4) is 0 Å². The molecule has 0 fully saturated rings. The molecule has 0 N–H and O–H groups in total. The van der Waals surface area contributed by atoms with Gasteiger partial charge in [0.1, 0.15) is 12.2 Å². The minimum atomic E-state index is -0.445. The van der Waals surface area contributed by atoms with Crippen molar-refractivity contribution in [2.75, 3.05) is 264 Å². The molecule has 0 aromatic rings. The summed E-state index contributed by atoms with van der Waals surface area (Å²) in [6.07, 6.45) is 8.33. The molecule has 0 saturated heterocycles.